The molecule has 2 amide bonds. The molecule has 172 valence electrons. The van der Waals surface area contributed by atoms with Crippen LogP contribution in [0.4, 0.5) is 14.9 Å². The van der Waals surface area contributed by atoms with Crippen LogP contribution in [0.3, 0.4) is 0 Å². The topological polar surface area (TPSA) is 91.1 Å². The average molecular weight is 436 g/mol. The van der Waals surface area contributed by atoms with E-state index in [0.717, 1.165) is 26.2 Å². The molecular formula is C22H34FN5O3. The van der Waals surface area contributed by atoms with Gasteiger partial charge in [-0.25, -0.2) is 9.18 Å². The molecule has 0 aromatic heterocycles. The molecule has 2 aliphatic rings. The molecule has 2 saturated heterocycles. The molecule has 31 heavy (non-hydrogen) atoms. The first kappa shape index (κ1) is 23.4. The smallest absolute Gasteiger partial charge is 0.416 e. The van der Waals surface area contributed by atoms with E-state index in [2.05, 4.69) is 29.0 Å². The highest BCUT2D eigenvalue weighted by Gasteiger charge is 2.61. The minimum Gasteiger partial charge on any atom is -0.441 e. The molecule has 0 saturated carbocycles. The molecule has 3 atom stereocenters. The number of nitrogens with zero attached hydrogens (tertiary/aromatic N) is 3. The minimum atomic E-state index is -0.954. The van der Waals surface area contributed by atoms with Crippen molar-refractivity contribution in [2.24, 2.45) is 11.7 Å². The molecule has 0 radical (unpaired) electrons. The Kier molecular flexibility index (Phi) is 7.51. The zero-order valence-corrected chi connectivity index (χ0v) is 18.6. The Hall–Kier alpha value is -2.23. The van der Waals surface area contributed by atoms with E-state index in [1.165, 1.54) is 12.1 Å². The van der Waals surface area contributed by atoms with Crippen LogP contribution < -0.4 is 16.0 Å². The van der Waals surface area contributed by atoms with Gasteiger partial charge in [0.1, 0.15) is 11.5 Å². The van der Waals surface area contributed by atoms with E-state index in [1.54, 1.807) is 24.0 Å². The molecule has 3 N–H and O–H groups in total. The number of anilines is 1. The van der Waals surface area contributed by atoms with E-state index in [4.69, 9.17) is 10.5 Å². The summed E-state index contributed by atoms with van der Waals surface area (Å²) in [5.41, 5.74) is 5.14. The van der Waals surface area contributed by atoms with Gasteiger partial charge >= 0.3 is 6.09 Å². The van der Waals surface area contributed by atoms with Gasteiger partial charge in [0, 0.05) is 39.1 Å². The average Bonchev–Trinajstić information content (AvgIpc) is 3.07. The minimum absolute atomic E-state index is 0.419. The molecule has 9 heteroatoms. The van der Waals surface area contributed by atoms with E-state index in [-0.39, 0.29) is 0 Å². The van der Waals surface area contributed by atoms with Crippen LogP contribution in [-0.4, -0.2) is 79.4 Å². The van der Waals surface area contributed by atoms with Gasteiger partial charge in [-0.05, 0) is 38.2 Å². The van der Waals surface area contributed by atoms with Crippen molar-refractivity contribution in [1.29, 1.82) is 0 Å². The van der Waals surface area contributed by atoms with Crippen LogP contribution in [0.25, 0.3) is 0 Å². The predicted octanol–water partition coefficient (Wildman–Crippen LogP) is 1.61. The van der Waals surface area contributed by atoms with Crippen LogP contribution in [0.5, 0.6) is 0 Å². The molecule has 2 aliphatic heterocycles. The second kappa shape index (κ2) is 9.93. The number of halogens is 1. The maximum atomic E-state index is 14.2. The maximum absolute atomic E-state index is 14.2. The zero-order valence-electron chi connectivity index (χ0n) is 18.6. The third-order valence-corrected chi connectivity index (χ3v) is 6.58. The number of nitrogens with one attached hydrogen (secondary N) is 1. The lowest BCUT2D eigenvalue weighted by molar-refractivity contribution is -0.127. The first-order valence-corrected chi connectivity index (χ1v) is 11.1. The Labute approximate surface area is 183 Å². The number of carbonyl (C=O) groups excluding carboxylic acids is 2. The van der Waals surface area contributed by atoms with Gasteiger partial charge in [-0.2, -0.15) is 0 Å². The van der Waals surface area contributed by atoms with E-state index in [9.17, 15) is 14.0 Å². The van der Waals surface area contributed by atoms with Gasteiger partial charge in [-0.3, -0.25) is 14.6 Å². The van der Waals surface area contributed by atoms with Gasteiger partial charge < -0.3 is 20.7 Å². The van der Waals surface area contributed by atoms with Crippen molar-refractivity contribution in [3.05, 3.63) is 30.1 Å². The lowest BCUT2D eigenvalue weighted by Gasteiger charge is -2.50. The van der Waals surface area contributed by atoms with Crippen LogP contribution in [-0.2, 0) is 9.53 Å². The number of nitrogens with two attached hydrogens (primary N) is 1. The second-order valence-electron chi connectivity index (χ2n) is 8.20. The molecule has 2 heterocycles. The highest BCUT2D eigenvalue weighted by atomic mass is 19.1. The Morgan fingerprint density at radius 1 is 1.35 bits per heavy atom. The largest absolute Gasteiger partial charge is 0.441 e. The number of ether oxygens (including phenoxy) is 1. The number of primary amides is 1. The first-order chi connectivity index (χ1) is 14.8. The van der Waals surface area contributed by atoms with Gasteiger partial charge in [-0.15, -0.1) is 0 Å². The standard InChI is InChI=1S/C22H34FN5O3/c1-4-26(5-2)12-9-22(27-13-10-25-11-14-27)19(16(3)20(24)29)31-21(30)28(22)18-8-6-7-17(23)15-18/h6-8,15-16,19,25H,4-5,9-14H2,1-3H3,(H2,24,29). The lowest BCUT2D eigenvalue weighted by atomic mass is 9.85. The maximum Gasteiger partial charge on any atom is 0.416 e. The van der Waals surface area contributed by atoms with Crippen molar-refractivity contribution in [2.75, 3.05) is 50.7 Å². The van der Waals surface area contributed by atoms with Gasteiger partial charge in [-0.1, -0.05) is 19.9 Å². The summed E-state index contributed by atoms with van der Waals surface area (Å²) in [5, 5.41) is 3.34. The molecule has 1 aromatic carbocycles. The number of rotatable bonds is 9. The Balaban J connectivity index is 2.15. The summed E-state index contributed by atoms with van der Waals surface area (Å²) in [4.78, 5) is 31.5. The molecule has 0 bridgehead atoms. The summed E-state index contributed by atoms with van der Waals surface area (Å²) in [6.07, 6.45) is -0.810. The Bertz CT molecular complexity index is 784. The first-order valence-electron chi connectivity index (χ1n) is 11.1. The third kappa shape index (κ3) is 4.53. The predicted molar refractivity (Wildman–Crippen MR) is 117 cm³/mol. The number of cyclic esters (lactones) is 1. The quantitative estimate of drug-likeness (QED) is 0.612. The van der Waals surface area contributed by atoms with Crippen molar-refractivity contribution in [3.8, 4) is 0 Å². The Morgan fingerprint density at radius 3 is 2.61 bits per heavy atom. The molecule has 2 fully saturated rings. The van der Waals surface area contributed by atoms with Crippen molar-refractivity contribution >= 4 is 17.7 Å². The number of hydrogen-bond acceptors (Lipinski definition) is 6. The van der Waals surface area contributed by atoms with Gasteiger partial charge in [0.05, 0.1) is 11.6 Å². The summed E-state index contributed by atoms with van der Waals surface area (Å²) < 4.78 is 20.0. The summed E-state index contributed by atoms with van der Waals surface area (Å²) in [6.45, 7) is 11.1. The van der Waals surface area contributed by atoms with E-state index in [0.29, 0.717) is 31.7 Å². The highest BCUT2D eigenvalue weighted by molar-refractivity contribution is 5.93. The summed E-state index contributed by atoms with van der Waals surface area (Å²) in [7, 11) is 0. The van der Waals surface area contributed by atoms with Crippen LogP contribution in [0.15, 0.2) is 24.3 Å². The number of carbonyl (C=O) groups is 2. The Morgan fingerprint density at radius 2 is 2.03 bits per heavy atom. The molecule has 3 rings (SSSR count). The molecule has 0 spiro atoms. The van der Waals surface area contributed by atoms with Gasteiger partial charge in [0.15, 0.2) is 6.10 Å². The van der Waals surface area contributed by atoms with Crippen LogP contribution in [0.2, 0.25) is 0 Å². The normalized spacial score (nSPS) is 25.6. The van der Waals surface area contributed by atoms with Crippen molar-refractivity contribution in [1.82, 2.24) is 15.1 Å². The van der Waals surface area contributed by atoms with Crippen molar-refractivity contribution in [2.45, 2.75) is 39.0 Å². The summed E-state index contributed by atoms with van der Waals surface area (Å²) >= 11 is 0. The molecule has 8 nitrogen and oxygen atoms in total. The molecule has 0 aliphatic carbocycles. The lowest BCUT2D eigenvalue weighted by Crippen LogP contribution is -2.69. The fourth-order valence-electron chi connectivity index (χ4n) is 4.78. The molecule has 3 unspecified atom stereocenters. The van der Waals surface area contributed by atoms with Crippen molar-refractivity contribution in [3.63, 3.8) is 0 Å². The summed E-state index contributed by atoms with van der Waals surface area (Å²) in [5.74, 6) is -1.66. The molecular weight excluding hydrogens is 401 g/mol. The monoisotopic (exact) mass is 435 g/mol. The SMILES string of the molecule is CCN(CC)CCC1(N2CCNCC2)C(C(C)C(N)=O)OC(=O)N1c1cccc(F)c1. The van der Waals surface area contributed by atoms with E-state index >= 15 is 0 Å². The van der Waals surface area contributed by atoms with E-state index in [1.807, 2.05) is 0 Å². The third-order valence-electron chi connectivity index (χ3n) is 6.58. The number of amides is 2. The second-order valence-corrected chi connectivity index (χ2v) is 8.20. The van der Waals surface area contributed by atoms with E-state index < -0.39 is 35.5 Å². The summed E-state index contributed by atoms with van der Waals surface area (Å²) in [6, 6.07) is 5.97. The van der Waals surface area contributed by atoms with Gasteiger partial charge in [0.25, 0.3) is 0 Å². The fraction of sp³-hybridized carbons (Fsp3) is 0.636. The highest BCUT2D eigenvalue weighted by Crippen LogP contribution is 2.43. The van der Waals surface area contributed by atoms with Crippen LogP contribution >= 0.6 is 0 Å². The zero-order chi connectivity index (χ0) is 22.6. The molecule has 1 aromatic rings. The van der Waals surface area contributed by atoms with Crippen LogP contribution in [0.1, 0.15) is 27.2 Å². The van der Waals surface area contributed by atoms with Crippen LogP contribution in [0, 0.1) is 11.7 Å². The number of piperazine rings is 1. The van der Waals surface area contributed by atoms with Gasteiger partial charge in [0.2, 0.25) is 5.91 Å². The fourth-order valence-corrected chi connectivity index (χ4v) is 4.78. The number of benzene rings is 1. The van der Waals surface area contributed by atoms with Crippen molar-refractivity contribution < 1.29 is 18.7 Å². The number of hydrogen-bond donors (Lipinski definition) is 2.